The molecule has 0 aliphatic carbocycles. The predicted octanol–water partition coefficient (Wildman–Crippen LogP) is 1.29. The molecule has 3 saturated heterocycles. The maximum atomic E-state index is 13.7. The number of amides is 2. The van der Waals surface area contributed by atoms with Crippen molar-refractivity contribution in [1.29, 1.82) is 0 Å². The van der Waals surface area contributed by atoms with Crippen molar-refractivity contribution in [2.75, 3.05) is 26.3 Å². The standard InChI is InChI=1S/C23H34N2O6/c1-6-8-14-30-21(29)17-16-19(27)25(12-13-26)18(20(28)24(11-7-2)15(3)4)23(16)10-9-22(17,5)31-23/h6-7,15-18,26H,1-2,8-14H2,3-5H3/t16-,17+,18?,22-,23?/m0/s1. The van der Waals surface area contributed by atoms with Crippen LogP contribution < -0.4 is 0 Å². The van der Waals surface area contributed by atoms with Crippen molar-refractivity contribution in [3.05, 3.63) is 25.3 Å². The third kappa shape index (κ3) is 3.59. The summed E-state index contributed by atoms with van der Waals surface area (Å²) >= 11 is 0. The average Bonchev–Trinajstić information content (AvgIpc) is 3.27. The van der Waals surface area contributed by atoms with Crippen LogP contribution in [0.3, 0.4) is 0 Å². The summed E-state index contributed by atoms with van der Waals surface area (Å²) in [5, 5.41) is 9.62. The molecule has 2 bridgehead atoms. The Balaban J connectivity index is 2.01. The maximum absolute atomic E-state index is 13.7. The first-order valence-corrected chi connectivity index (χ1v) is 11.0. The van der Waals surface area contributed by atoms with Crippen molar-refractivity contribution in [2.24, 2.45) is 11.8 Å². The van der Waals surface area contributed by atoms with Crippen LogP contribution in [0.4, 0.5) is 0 Å². The fraction of sp³-hybridized carbons (Fsp3) is 0.696. The van der Waals surface area contributed by atoms with Crippen molar-refractivity contribution < 1.29 is 29.0 Å². The number of aliphatic hydroxyl groups is 1. The number of aliphatic hydroxyl groups excluding tert-OH is 1. The molecule has 3 rings (SSSR count). The summed E-state index contributed by atoms with van der Waals surface area (Å²) in [5.41, 5.74) is -1.97. The molecule has 5 atom stereocenters. The molecule has 3 aliphatic heterocycles. The SMILES string of the molecule is C=CCCOC(=O)[C@H]1[C@H]2C(=O)N(CCO)C(C(=O)N(CC=C)C(C)C)C23CC[C@]1(C)O3. The van der Waals surface area contributed by atoms with Gasteiger partial charge in [-0.2, -0.15) is 0 Å². The second-order valence-corrected chi connectivity index (χ2v) is 9.10. The smallest absolute Gasteiger partial charge is 0.312 e. The highest BCUT2D eigenvalue weighted by Crippen LogP contribution is 2.63. The van der Waals surface area contributed by atoms with Crippen molar-refractivity contribution in [2.45, 2.75) is 63.3 Å². The second kappa shape index (κ2) is 8.74. The lowest BCUT2D eigenvalue weighted by Crippen LogP contribution is -2.57. The molecule has 3 aliphatic rings. The summed E-state index contributed by atoms with van der Waals surface area (Å²) in [6, 6.07) is -1.01. The average molecular weight is 435 g/mol. The van der Waals surface area contributed by atoms with Gasteiger partial charge < -0.3 is 24.4 Å². The predicted molar refractivity (Wildman–Crippen MR) is 114 cm³/mol. The first-order chi connectivity index (χ1) is 14.7. The van der Waals surface area contributed by atoms with E-state index in [2.05, 4.69) is 13.2 Å². The van der Waals surface area contributed by atoms with Crippen LogP contribution >= 0.6 is 0 Å². The summed E-state index contributed by atoms with van der Waals surface area (Å²) in [6.45, 7) is 13.2. The van der Waals surface area contributed by atoms with Gasteiger partial charge in [0, 0.05) is 19.1 Å². The van der Waals surface area contributed by atoms with Crippen LogP contribution in [0.25, 0.3) is 0 Å². The minimum absolute atomic E-state index is 0.00577. The van der Waals surface area contributed by atoms with E-state index in [1.807, 2.05) is 20.8 Å². The Morgan fingerprint density at radius 2 is 2.06 bits per heavy atom. The van der Waals surface area contributed by atoms with Crippen LogP contribution in [0.2, 0.25) is 0 Å². The summed E-state index contributed by atoms with van der Waals surface area (Å²) in [7, 11) is 0. The summed E-state index contributed by atoms with van der Waals surface area (Å²) in [5.74, 6) is -2.65. The van der Waals surface area contributed by atoms with Gasteiger partial charge in [-0.3, -0.25) is 14.4 Å². The van der Waals surface area contributed by atoms with E-state index in [4.69, 9.17) is 9.47 Å². The van der Waals surface area contributed by atoms with E-state index in [0.29, 0.717) is 25.8 Å². The Bertz CT molecular complexity index is 767. The zero-order valence-electron chi connectivity index (χ0n) is 18.7. The summed E-state index contributed by atoms with van der Waals surface area (Å²) < 4.78 is 11.9. The minimum atomic E-state index is -1.10. The fourth-order valence-corrected chi connectivity index (χ4v) is 5.60. The number of hydrogen-bond acceptors (Lipinski definition) is 6. The van der Waals surface area contributed by atoms with E-state index in [9.17, 15) is 19.5 Å². The molecule has 0 saturated carbocycles. The molecule has 0 aromatic heterocycles. The number of nitrogens with zero attached hydrogens (tertiary/aromatic N) is 2. The third-order valence-electron chi connectivity index (χ3n) is 6.90. The van der Waals surface area contributed by atoms with E-state index >= 15 is 0 Å². The van der Waals surface area contributed by atoms with Crippen molar-refractivity contribution in [3.8, 4) is 0 Å². The van der Waals surface area contributed by atoms with Gasteiger partial charge in [0.1, 0.15) is 17.6 Å². The number of fused-ring (bicyclic) bond motifs is 1. The number of likely N-dealkylation sites (tertiary alicyclic amines) is 1. The third-order valence-corrected chi connectivity index (χ3v) is 6.90. The van der Waals surface area contributed by atoms with Crippen LogP contribution in [-0.2, 0) is 23.9 Å². The van der Waals surface area contributed by atoms with Crippen LogP contribution in [-0.4, -0.2) is 82.3 Å². The lowest BCUT2D eigenvalue weighted by molar-refractivity contribution is -0.160. The number of esters is 1. The number of rotatable bonds is 10. The molecule has 3 fully saturated rings. The van der Waals surface area contributed by atoms with Gasteiger partial charge in [0.2, 0.25) is 11.8 Å². The fourth-order valence-electron chi connectivity index (χ4n) is 5.60. The number of carbonyl (C=O) groups is 3. The number of β-amino-alcohol motifs (C(OH)–C–C–N with tert-alkyl or cyclic N) is 1. The van der Waals surface area contributed by atoms with Gasteiger partial charge in [-0.1, -0.05) is 12.2 Å². The first kappa shape index (κ1) is 23.5. The van der Waals surface area contributed by atoms with Gasteiger partial charge in [-0.05, 0) is 40.0 Å². The van der Waals surface area contributed by atoms with E-state index in [-0.39, 0.29) is 37.6 Å². The van der Waals surface area contributed by atoms with Crippen molar-refractivity contribution in [3.63, 3.8) is 0 Å². The summed E-state index contributed by atoms with van der Waals surface area (Å²) in [6.07, 6.45) is 4.87. The van der Waals surface area contributed by atoms with Gasteiger partial charge >= 0.3 is 5.97 Å². The molecule has 31 heavy (non-hydrogen) atoms. The molecule has 1 N–H and O–H groups in total. The van der Waals surface area contributed by atoms with Gasteiger partial charge in [0.15, 0.2) is 0 Å². The van der Waals surface area contributed by atoms with E-state index in [0.717, 1.165) is 0 Å². The monoisotopic (exact) mass is 434 g/mol. The molecule has 2 unspecified atom stereocenters. The molecule has 2 amide bonds. The quantitative estimate of drug-likeness (QED) is 0.316. The van der Waals surface area contributed by atoms with Crippen LogP contribution in [0.15, 0.2) is 25.3 Å². The molecule has 1 spiro atoms. The van der Waals surface area contributed by atoms with Gasteiger partial charge in [0.25, 0.3) is 0 Å². The Hall–Kier alpha value is -2.19. The highest BCUT2D eigenvalue weighted by Gasteiger charge is 2.78. The van der Waals surface area contributed by atoms with Crippen LogP contribution in [0.5, 0.6) is 0 Å². The van der Waals surface area contributed by atoms with Gasteiger partial charge in [-0.15, -0.1) is 13.2 Å². The normalized spacial score (nSPS) is 33.5. The molecule has 172 valence electrons. The summed E-state index contributed by atoms with van der Waals surface area (Å²) in [4.78, 5) is 43.3. The number of ether oxygens (including phenoxy) is 2. The number of hydrogen-bond donors (Lipinski definition) is 1. The molecule has 0 radical (unpaired) electrons. The molecule has 8 heteroatoms. The topological polar surface area (TPSA) is 96.4 Å². The van der Waals surface area contributed by atoms with Gasteiger partial charge in [0.05, 0.1) is 24.7 Å². The highest BCUT2D eigenvalue weighted by atomic mass is 16.6. The molecule has 0 aromatic rings. The van der Waals surface area contributed by atoms with Crippen LogP contribution in [0, 0.1) is 11.8 Å². The lowest BCUT2D eigenvalue weighted by Gasteiger charge is -2.38. The molecule has 3 heterocycles. The van der Waals surface area contributed by atoms with Crippen LogP contribution in [0.1, 0.15) is 40.0 Å². The Morgan fingerprint density at radius 1 is 1.35 bits per heavy atom. The van der Waals surface area contributed by atoms with E-state index in [1.165, 1.54) is 4.90 Å². The molecule has 0 aromatic carbocycles. The zero-order chi connectivity index (χ0) is 23.0. The highest BCUT2D eigenvalue weighted by molar-refractivity contribution is 5.98. The lowest BCUT2D eigenvalue weighted by atomic mass is 9.66. The Labute approximate surface area is 183 Å². The Morgan fingerprint density at radius 3 is 2.65 bits per heavy atom. The van der Waals surface area contributed by atoms with Gasteiger partial charge in [-0.25, -0.2) is 0 Å². The largest absolute Gasteiger partial charge is 0.465 e. The second-order valence-electron chi connectivity index (χ2n) is 9.10. The zero-order valence-corrected chi connectivity index (χ0v) is 18.7. The Kier molecular flexibility index (Phi) is 6.62. The van der Waals surface area contributed by atoms with Crippen molar-refractivity contribution in [1.82, 2.24) is 9.80 Å². The molecular formula is C23H34N2O6. The van der Waals surface area contributed by atoms with E-state index in [1.54, 1.807) is 17.1 Å². The first-order valence-electron chi connectivity index (χ1n) is 11.0. The minimum Gasteiger partial charge on any atom is -0.465 e. The van der Waals surface area contributed by atoms with Crippen molar-refractivity contribution >= 4 is 17.8 Å². The maximum Gasteiger partial charge on any atom is 0.312 e. The molecule has 8 nitrogen and oxygen atoms in total. The number of carbonyl (C=O) groups excluding carboxylic acids is 3. The van der Waals surface area contributed by atoms with E-state index < -0.39 is 35.0 Å². The molecular weight excluding hydrogens is 400 g/mol.